The number of esters is 1. The number of likely N-dealkylation sites (tertiary alicyclic amines) is 1. The van der Waals surface area contributed by atoms with Gasteiger partial charge < -0.3 is 19.4 Å². The Balaban J connectivity index is 1.59. The van der Waals surface area contributed by atoms with Crippen molar-refractivity contribution in [2.24, 2.45) is 11.3 Å². The van der Waals surface area contributed by atoms with E-state index in [0.717, 1.165) is 0 Å². The summed E-state index contributed by atoms with van der Waals surface area (Å²) in [7, 11) is 0. The topological polar surface area (TPSA) is 84.5 Å². The van der Waals surface area contributed by atoms with Crippen LogP contribution in [0.15, 0.2) is 24.3 Å². The number of fused-ring (bicyclic) bond motifs is 1. The number of aryl methyl sites for hydroxylation is 1. The summed E-state index contributed by atoms with van der Waals surface area (Å²) < 4.78 is 24.1. The molecule has 2 aliphatic heterocycles. The van der Waals surface area contributed by atoms with Crippen molar-refractivity contribution in [1.29, 1.82) is 0 Å². The van der Waals surface area contributed by atoms with E-state index < -0.39 is 5.41 Å². The third kappa shape index (κ3) is 3.42. The summed E-state index contributed by atoms with van der Waals surface area (Å²) in [6.07, 6.45) is 0.711. The van der Waals surface area contributed by atoms with Crippen LogP contribution in [-0.4, -0.2) is 59.7 Å². The van der Waals surface area contributed by atoms with E-state index in [9.17, 15) is 14.0 Å². The Hall–Kier alpha value is -2.74. The average molecular weight is 401 g/mol. The monoisotopic (exact) mass is 401 g/mol. The third-order valence-corrected chi connectivity index (χ3v) is 5.84. The maximum Gasteiger partial charge on any atom is 0.316 e. The van der Waals surface area contributed by atoms with Gasteiger partial charge in [0.25, 0.3) is 5.91 Å². The van der Waals surface area contributed by atoms with Gasteiger partial charge in [0.1, 0.15) is 22.8 Å². The van der Waals surface area contributed by atoms with Gasteiger partial charge in [0.2, 0.25) is 0 Å². The Bertz CT molecular complexity index is 927. The van der Waals surface area contributed by atoms with Crippen molar-refractivity contribution in [3.63, 3.8) is 0 Å². The Morgan fingerprint density at radius 1 is 1.38 bits per heavy atom. The highest BCUT2D eigenvalue weighted by Gasteiger charge is 2.56. The maximum absolute atomic E-state index is 13.2. The van der Waals surface area contributed by atoms with Crippen LogP contribution in [0, 0.1) is 24.1 Å². The molecular formula is C21H24FN3O4. The lowest BCUT2D eigenvalue weighted by Gasteiger charge is -2.35. The fourth-order valence-corrected chi connectivity index (χ4v) is 4.27. The van der Waals surface area contributed by atoms with Crippen molar-refractivity contribution in [3.05, 3.63) is 41.5 Å². The van der Waals surface area contributed by atoms with Crippen LogP contribution in [0.25, 0.3) is 11.4 Å². The molecule has 1 amide bonds. The van der Waals surface area contributed by atoms with E-state index in [2.05, 4.69) is 9.97 Å². The Morgan fingerprint density at radius 3 is 2.86 bits per heavy atom. The number of H-pyrrole nitrogens is 1. The Labute approximate surface area is 168 Å². The normalized spacial score (nSPS) is 23.7. The van der Waals surface area contributed by atoms with Crippen molar-refractivity contribution >= 4 is 11.9 Å². The summed E-state index contributed by atoms with van der Waals surface area (Å²) in [5.41, 5.74) is 0.821. The summed E-state index contributed by atoms with van der Waals surface area (Å²) in [6, 6.07) is 5.92. The van der Waals surface area contributed by atoms with Crippen LogP contribution in [0.3, 0.4) is 0 Å². The summed E-state index contributed by atoms with van der Waals surface area (Å²) in [5.74, 6) is -0.351. The molecule has 0 spiro atoms. The molecule has 29 heavy (non-hydrogen) atoms. The largest absolute Gasteiger partial charge is 0.465 e. The standard InChI is InChI=1S/C21H24FN3O4/c1-3-29-20(27)21-11-25(10-15(21)8-9-28-12-21)19(26)17-13(2)23-18(24-17)14-4-6-16(22)7-5-14/h4-7,15H,3,8-12H2,1-2H3,(H,23,24)/t15-,21+/m0/s1. The minimum atomic E-state index is -0.812. The van der Waals surface area contributed by atoms with Gasteiger partial charge in [-0.2, -0.15) is 0 Å². The molecule has 1 N–H and O–H groups in total. The van der Waals surface area contributed by atoms with Gasteiger partial charge in [-0.05, 0) is 50.5 Å². The van der Waals surface area contributed by atoms with Gasteiger partial charge >= 0.3 is 5.97 Å². The summed E-state index contributed by atoms with van der Waals surface area (Å²) in [4.78, 5) is 35.2. The lowest BCUT2D eigenvalue weighted by atomic mass is 9.75. The number of rotatable bonds is 4. The molecule has 3 heterocycles. The van der Waals surface area contributed by atoms with Crippen molar-refractivity contribution in [3.8, 4) is 11.4 Å². The molecule has 1 aromatic carbocycles. The maximum atomic E-state index is 13.2. The van der Waals surface area contributed by atoms with Crippen LogP contribution in [-0.2, 0) is 14.3 Å². The number of carbonyl (C=O) groups is 2. The highest BCUT2D eigenvalue weighted by molar-refractivity contribution is 5.95. The first-order valence-electron chi connectivity index (χ1n) is 9.81. The number of nitrogens with one attached hydrogen (secondary N) is 1. The van der Waals surface area contributed by atoms with E-state index >= 15 is 0 Å². The Kier molecular flexibility index (Phi) is 5.12. The molecule has 154 valence electrons. The zero-order valence-electron chi connectivity index (χ0n) is 16.5. The molecule has 0 bridgehead atoms. The van der Waals surface area contributed by atoms with E-state index in [1.165, 1.54) is 12.1 Å². The first kappa shape index (κ1) is 19.6. The van der Waals surface area contributed by atoms with E-state index in [4.69, 9.17) is 9.47 Å². The number of benzene rings is 1. The zero-order valence-corrected chi connectivity index (χ0v) is 16.5. The summed E-state index contributed by atoms with van der Waals surface area (Å²) in [6.45, 7) is 5.41. The second kappa shape index (κ2) is 7.59. The summed E-state index contributed by atoms with van der Waals surface area (Å²) >= 11 is 0. The van der Waals surface area contributed by atoms with Crippen molar-refractivity contribution in [1.82, 2.24) is 14.9 Å². The highest BCUT2D eigenvalue weighted by Crippen LogP contribution is 2.43. The van der Waals surface area contributed by atoms with Gasteiger partial charge in [0, 0.05) is 31.0 Å². The molecule has 2 aromatic rings. The molecule has 0 radical (unpaired) electrons. The molecule has 4 rings (SSSR count). The average Bonchev–Trinajstić information content (AvgIpc) is 3.30. The number of nitrogens with zero attached hydrogens (tertiary/aromatic N) is 2. The number of carbonyl (C=O) groups excluding carboxylic acids is 2. The number of hydrogen-bond donors (Lipinski definition) is 1. The number of aromatic amines is 1. The van der Waals surface area contributed by atoms with Crippen LogP contribution in [0.4, 0.5) is 4.39 Å². The second-order valence-corrected chi connectivity index (χ2v) is 7.67. The van der Waals surface area contributed by atoms with Crippen molar-refractivity contribution in [2.75, 3.05) is 32.9 Å². The number of amides is 1. The minimum absolute atomic E-state index is 0.00932. The van der Waals surface area contributed by atoms with E-state index in [-0.39, 0.29) is 36.8 Å². The molecule has 2 atom stereocenters. The minimum Gasteiger partial charge on any atom is -0.465 e. The van der Waals surface area contributed by atoms with E-state index in [1.807, 2.05) is 0 Å². The predicted molar refractivity (Wildman–Crippen MR) is 103 cm³/mol. The van der Waals surface area contributed by atoms with Gasteiger partial charge in [-0.25, -0.2) is 9.37 Å². The molecule has 8 heteroatoms. The van der Waals surface area contributed by atoms with Crippen LogP contribution >= 0.6 is 0 Å². The SMILES string of the molecule is CCOC(=O)[C@]12COCC[C@H]1CN(C(=O)c1nc(-c3ccc(F)cc3)[nH]c1C)C2. The molecule has 0 aliphatic carbocycles. The number of aromatic nitrogens is 2. The number of halogens is 1. The first-order valence-corrected chi connectivity index (χ1v) is 9.81. The van der Waals surface area contributed by atoms with Gasteiger partial charge in [0.15, 0.2) is 0 Å². The quantitative estimate of drug-likeness (QED) is 0.796. The molecular weight excluding hydrogens is 377 g/mol. The molecule has 1 aromatic heterocycles. The molecule has 2 saturated heterocycles. The molecule has 7 nitrogen and oxygen atoms in total. The fraction of sp³-hybridized carbons (Fsp3) is 0.476. The lowest BCUT2D eigenvalue weighted by Crippen LogP contribution is -2.47. The second-order valence-electron chi connectivity index (χ2n) is 7.67. The van der Waals surface area contributed by atoms with Crippen LogP contribution in [0.5, 0.6) is 0 Å². The lowest BCUT2D eigenvalue weighted by molar-refractivity contribution is -0.166. The van der Waals surface area contributed by atoms with Crippen molar-refractivity contribution < 1.29 is 23.5 Å². The smallest absolute Gasteiger partial charge is 0.316 e. The van der Waals surface area contributed by atoms with E-state index in [1.54, 1.807) is 30.9 Å². The van der Waals surface area contributed by atoms with Gasteiger partial charge in [0.05, 0.1) is 13.2 Å². The number of hydrogen-bond acceptors (Lipinski definition) is 5. The molecule has 0 unspecified atom stereocenters. The summed E-state index contributed by atoms with van der Waals surface area (Å²) in [5, 5.41) is 0. The van der Waals surface area contributed by atoms with Gasteiger partial charge in [-0.15, -0.1) is 0 Å². The molecule has 2 fully saturated rings. The number of ether oxygens (including phenoxy) is 2. The highest BCUT2D eigenvalue weighted by atomic mass is 19.1. The first-order chi connectivity index (χ1) is 13.9. The molecule has 2 aliphatic rings. The zero-order chi connectivity index (χ0) is 20.6. The predicted octanol–water partition coefficient (Wildman–Crippen LogP) is 2.57. The van der Waals surface area contributed by atoms with Crippen LogP contribution in [0.1, 0.15) is 29.5 Å². The molecule has 0 saturated carbocycles. The Morgan fingerprint density at radius 2 is 2.14 bits per heavy atom. The van der Waals surface area contributed by atoms with Crippen molar-refractivity contribution in [2.45, 2.75) is 20.3 Å². The third-order valence-electron chi connectivity index (χ3n) is 5.84. The number of imidazole rings is 1. The van der Waals surface area contributed by atoms with E-state index in [0.29, 0.717) is 49.0 Å². The van der Waals surface area contributed by atoms with Gasteiger partial charge in [-0.1, -0.05) is 0 Å². The van der Waals surface area contributed by atoms with Crippen LogP contribution < -0.4 is 0 Å². The fourth-order valence-electron chi connectivity index (χ4n) is 4.27. The van der Waals surface area contributed by atoms with Gasteiger partial charge in [-0.3, -0.25) is 9.59 Å². The van der Waals surface area contributed by atoms with Crippen LogP contribution in [0.2, 0.25) is 0 Å².